The van der Waals surface area contributed by atoms with Crippen molar-refractivity contribution in [1.29, 1.82) is 0 Å². The number of benzene rings is 2. The second-order valence-corrected chi connectivity index (χ2v) is 10.7. The fourth-order valence-corrected chi connectivity index (χ4v) is 5.94. The average Bonchev–Trinajstić information content (AvgIpc) is 2.73. The maximum Gasteiger partial charge on any atom is 0.335 e. The van der Waals surface area contributed by atoms with E-state index in [9.17, 15) is 26.7 Å². The molecule has 0 amide bonds. The van der Waals surface area contributed by atoms with E-state index in [0.717, 1.165) is 12.5 Å². The second kappa shape index (κ2) is 10.3. The third-order valence-corrected chi connectivity index (χ3v) is 8.42. The van der Waals surface area contributed by atoms with Gasteiger partial charge in [0.1, 0.15) is 0 Å². The van der Waals surface area contributed by atoms with Gasteiger partial charge < -0.3 is 10.4 Å². The van der Waals surface area contributed by atoms with Gasteiger partial charge in [0.05, 0.1) is 26.7 Å². The third-order valence-electron chi connectivity index (χ3n) is 4.87. The summed E-state index contributed by atoms with van der Waals surface area (Å²) >= 11 is 0. The summed E-state index contributed by atoms with van der Waals surface area (Å²) in [6, 6.07) is 8.04. The molecular weight excluding hydrogens is 454 g/mol. The van der Waals surface area contributed by atoms with E-state index in [1.165, 1.54) is 34.6 Å². The van der Waals surface area contributed by atoms with E-state index < -0.39 is 26.0 Å². The molecule has 3 N–H and O–H groups in total. The molecule has 0 saturated heterocycles. The number of aryl methyl sites for hydroxylation is 1. The van der Waals surface area contributed by atoms with Gasteiger partial charge in [0, 0.05) is 19.6 Å². The van der Waals surface area contributed by atoms with Crippen LogP contribution in [0, 0.1) is 6.92 Å². The van der Waals surface area contributed by atoms with Crippen molar-refractivity contribution in [2.75, 3.05) is 29.7 Å². The van der Waals surface area contributed by atoms with Crippen molar-refractivity contribution in [3.05, 3.63) is 47.5 Å². The molecule has 0 saturated carbocycles. The van der Waals surface area contributed by atoms with Gasteiger partial charge in [-0.1, -0.05) is 26.8 Å². The summed E-state index contributed by atoms with van der Waals surface area (Å²) in [5.41, 5.74) is 0.670. The van der Waals surface area contributed by atoms with Gasteiger partial charge in [-0.3, -0.25) is 4.72 Å². The summed E-state index contributed by atoms with van der Waals surface area (Å²) in [4.78, 5) is 11.1. The van der Waals surface area contributed by atoms with Crippen LogP contribution in [0.15, 0.2) is 46.2 Å². The number of carboxylic acids is 1. The average molecular weight is 484 g/mol. The number of nitrogens with one attached hydrogen (secondary N) is 2. The minimum atomic E-state index is -4.20. The Morgan fingerprint density at radius 3 is 2.19 bits per heavy atom. The number of sulfonamides is 2. The Morgan fingerprint density at radius 1 is 0.969 bits per heavy atom. The van der Waals surface area contributed by atoms with Crippen molar-refractivity contribution in [3.8, 4) is 0 Å². The van der Waals surface area contributed by atoms with E-state index >= 15 is 0 Å². The van der Waals surface area contributed by atoms with Crippen LogP contribution in [0.3, 0.4) is 0 Å². The molecule has 0 radical (unpaired) electrons. The second-order valence-electron chi connectivity index (χ2n) is 7.11. The number of carbonyl (C=O) groups is 1. The van der Waals surface area contributed by atoms with Gasteiger partial charge in [0.2, 0.25) is 10.0 Å². The standard InChI is InChI=1S/C21H29N3O6S2/c1-5-12-22-18-11-10-17(32(29,30)24(6-2)7-3)14-19(18)23-31(27,28)20-13-16(21(25)26)9-8-15(20)4/h8-11,13-14,22-23H,5-7,12H2,1-4H3,(H,25,26). The molecule has 32 heavy (non-hydrogen) atoms. The molecule has 11 heteroatoms. The lowest BCUT2D eigenvalue weighted by atomic mass is 10.1. The lowest BCUT2D eigenvalue weighted by Gasteiger charge is -2.21. The Bertz CT molecular complexity index is 1190. The van der Waals surface area contributed by atoms with Crippen LogP contribution in [0.25, 0.3) is 0 Å². The summed E-state index contributed by atoms with van der Waals surface area (Å²) in [6.07, 6.45) is 0.769. The molecule has 0 fully saturated rings. The number of hydrogen-bond donors (Lipinski definition) is 3. The topological polar surface area (TPSA) is 133 Å². The van der Waals surface area contributed by atoms with Gasteiger partial charge >= 0.3 is 5.97 Å². The quantitative estimate of drug-likeness (QED) is 0.446. The molecule has 0 aliphatic heterocycles. The molecule has 0 aromatic heterocycles. The number of carboxylic acid groups (broad SMARTS) is 1. The molecule has 9 nitrogen and oxygen atoms in total. The fraction of sp³-hybridized carbons (Fsp3) is 0.381. The minimum Gasteiger partial charge on any atom is -0.478 e. The Kier molecular flexibility index (Phi) is 8.27. The summed E-state index contributed by atoms with van der Waals surface area (Å²) in [7, 11) is -8.02. The molecule has 2 aromatic rings. The van der Waals surface area contributed by atoms with Crippen LogP contribution in [0.5, 0.6) is 0 Å². The van der Waals surface area contributed by atoms with Crippen LogP contribution in [0.2, 0.25) is 0 Å². The molecule has 0 atom stereocenters. The van der Waals surface area contributed by atoms with Crippen molar-refractivity contribution in [2.24, 2.45) is 0 Å². The highest BCUT2D eigenvalue weighted by Crippen LogP contribution is 2.30. The summed E-state index contributed by atoms with van der Waals surface area (Å²) in [5.74, 6) is -1.25. The first-order chi connectivity index (χ1) is 15.0. The lowest BCUT2D eigenvalue weighted by Crippen LogP contribution is -2.30. The van der Waals surface area contributed by atoms with E-state index in [2.05, 4.69) is 10.0 Å². The predicted octanol–water partition coefficient (Wildman–Crippen LogP) is 3.35. The number of hydrogen-bond acceptors (Lipinski definition) is 6. The van der Waals surface area contributed by atoms with Gasteiger partial charge in [-0.15, -0.1) is 0 Å². The highest BCUT2D eigenvalue weighted by molar-refractivity contribution is 7.92. The smallest absolute Gasteiger partial charge is 0.335 e. The summed E-state index contributed by atoms with van der Waals surface area (Å²) in [6.45, 7) is 8.03. The molecule has 176 valence electrons. The molecular formula is C21H29N3O6S2. The van der Waals surface area contributed by atoms with Crippen molar-refractivity contribution in [3.63, 3.8) is 0 Å². The first-order valence-electron chi connectivity index (χ1n) is 10.2. The molecule has 0 aliphatic rings. The molecule has 0 aliphatic carbocycles. The monoisotopic (exact) mass is 483 g/mol. The van der Waals surface area contributed by atoms with Crippen molar-refractivity contribution in [1.82, 2.24) is 4.31 Å². The molecule has 0 spiro atoms. The Balaban J connectivity index is 2.59. The van der Waals surface area contributed by atoms with Gasteiger partial charge in [0.15, 0.2) is 0 Å². The van der Waals surface area contributed by atoms with Gasteiger partial charge in [-0.25, -0.2) is 21.6 Å². The number of anilines is 2. The van der Waals surface area contributed by atoms with Crippen LogP contribution in [-0.2, 0) is 20.0 Å². The van der Waals surface area contributed by atoms with Crippen LogP contribution in [0.1, 0.15) is 43.1 Å². The lowest BCUT2D eigenvalue weighted by molar-refractivity contribution is 0.0696. The van der Waals surface area contributed by atoms with Crippen LogP contribution in [0.4, 0.5) is 11.4 Å². The van der Waals surface area contributed by atoms with Crippen LogP contribution in [-0.4, -0.2) is 51.9 Å². The molecule has 2 rings (SSSR count). The predicted molar refractivity (Wildman–Crippen MR) is 124 cm³/mol. The van der Waals surface area contributed by atoms with E-state index in [1.807, 2.05) is 6.92 Å². The zero-order valence-electron chi connectivity index (χ0n) is 18.5. The molecule has 0 heterocycles. The number of aromatic carboxylic acids is 1. The number of rotatable bonds is 11. The van der Waals surface area contributed by atoms with Crippen molar-refractivity contribution in [2.45, 2.75) is 43.9 Å². The zero-order valence-corrected chi connectivity index (χ0v) is 20.2. The van der Waals surface area contributed by atoms with Crippen molar-refractivity contribution < 1.29 is 26.7 Å². The fourth-order valence-electron chi connectivity index (χ4n) is 3.12. The molecule has 0 unspecified atom stereocenters. The maximum absolute atomic E-state index is 13.1. The Morgan fingerprint density at radius 2 is 1.62 bits per heavy atom. The van der Waals surface area contributed by atoms with Crippen LogP contribution >= 0.6 is 0 Å². The highest BCUT2D eigenvalue weighted by atomic mass is 32.2. The SMILES string of the molecule is CCCNc1ccc(S(=O)(=O)N(CC)CC)cc1NS(=O)(=O)c1cc(C(=O)O)ccc1C. The third kappa shape index (κ3) is 5.59. The zero-order chi connectivity index (χ0) is 24.1. The largest absolute Gasteiger partial charge is 0.478 e. The van der Waals surface area contributed by atoms with Crippen LogP contribution < -0.4 is 10.0 Å². The van der Waals surface area contributed by atoms with Gasteiger partial charge in [0.25, 0.3) is 10.0 Å². The minimum absolute atomic E-state index is 0.0445. The first-order valence-corrected chi connectivity index (χ1v) is 13.1. The summed E-state index contributed by atoms with van der Waals surface area (Å²) in [5, 5.41) is 12.3. The van der Waals surface area contributed by atoms with E-state index in [-0.39, 0.29) is 34.1 Å². The van der Waals surface area contributed by atoms with E-state index in [0.29, 0.717) is 17.8 Å². The summed E-state index contributed by atoms with van der Waals surface area (Å²) < 4.78 is 55.9. The molecule has 2 aromatic carbocycles. The Hall–Kier alpha value is -2.63. The highest BCUT2D eigenvalue weighted by Gasteiger charge is 2.25. The van der Waals surface area contributed by atoms with Gasteiger partial charge in [-0.05, 0) is 49.2 Å². The molecule has 0 bridgehead atoms. The first kappa shape index (κ1) is 25.6. The van der Waals surface area contributed by atoms with Crippen molar-refractivity contribution >= 4 is 37.4 Å². The number of nitrogens with zero attached hydrogens (tertiary/aromatic N) is 1. The maximum atomic E-state index is 13.1. The van der Waals surface area contributed by atoms with E-state index in [4.69, 9.17) is 0 Å². The van der Waals surface area contributed by atoms with Gasteiger partial charge in [-0.2, -0.15) is 4.31 Å². The Labute approximate surface area is 189 Å². The normalized spacial score (nSPS) is 12.0. The van der Waals surface area contributed by atoms with E-state index in [1.54, 1.807) is 20.8 Å².